The van der Waals surface area contributed by atoms with Crippen LogP contribution in [0.1, 0.15) is 30.5 Å². The van der Waals surface area contributed by atoms with Gasteiger partial charge in [-0.2, -0.15) is 0 Å². The number of aromatic hydroxyl groups is 1. The summed E-state index contributed by atoms with van der Waals surface area (Å²) in [5, 5.41) is 12.5. The molecule has 0 radical (unpaired) electrons. The average Bonchev–Trinajstić information content (AvgIpc) is 2.76. The minimum Gasteiger partial charge on any atom is -0.507 e. The normalized spacial score (nSPS) is 14.6. The summed E-state index contributed by atoms with van der Waals surface area (Å²) in [6.07, 6.45) is 0. The van der Waals surface area contributed by atoms with Crippen molar-refractivity contribution < 1.29 is 9.84 Å². The Kier molecular flexibility index (Phi) is 2.77. The van der Waals surface area contributed by atoms with E-state index in [0.717, 1.165) is 22.1 Å². The molecule has 0 unspecified atom stereocenters. The lowest BCUT2D eigenvalue weighted by molar-refractivity contribution is 0.412. The van der Waals surface area contributed by atoms with Gasteiger partial charge in [0.05, 0.1) is 7.11 Å². The number of rotatable bonds is 1. The highest BCUT2D eigenvalue weighted by Crippen LogP contribution is 2.53. The molecule has 4 rings (SSSR count). The molecule has 0 saturated carbocycles. The molecule has 3 aromatic carbocycles. The summed E-state index contributed by atoms with van der Waals surface area (Å²) in [5.74, 6) is 1.19. The third-order valence-electron chi connectivity index (χ3n) is 5.17. The molecule has 0 bridgehead atoms. The van der Waals surface area contributed by atoms with Gasteiger partial charge < -0.3 is 9.84 Å². The van der Waals surface area contributed by atoms with Gasteiger partial charge in [0.1, 0.15) is 11.5 Å². The molecular weight excluding hydrogens is 284 g/mol. The molecule has 1 N–H and O–H groups in total. The number of phenols is 1. The number of benzene rings is 3. The molecule has 1 aliphatic rings. The molecular formula is C21H20O2. The van der Waals surface area contributed by atoms with Gasteiger partial charge in [-0.25, -0.2) is 0 Å². The predicted octanol–water partition coefficient (Wildman–Crippen LogP) is 5.17. The van der Waals surface area contributed by atoms with E-state index in [4.69, 9.17) is 4.74 Å². The van der Waals surface area contributed by atoms with Crippen LogP contribution in [-0.2, 0) is 5.41 Å². The number of aryl methyl sites for hydroxylation is 1. The van der Waals surface area contributed by atoms with Crippen LogP contribution >= 0.6 is 0 Å². The van der Waals surface area contributed by atoms with E-state index in [-0.39, 0.29) is 5.41 Å². The van der Waals surface area contributed by atoms with Crippen molar-refractivity contribution in [2.45, 2.75) is 26.2 Å². The predicted molar refractivity (Wildman–Crippen MR) is 94.5 cm³/mol. The first-order chi connectivity index (χ1) is 10.9. The Morgan fingerprint density at radius 1 is 0.957 bits per heavy atom. The molecule has 2 nitrogen and oxygen atoms in total. The first-order valence-corrected chi connectivity index (χ1v) is 7.90. The molecule has 0 fully saturated rings. The van der Waals surface area contributed by atoms with E-state index in [0.29, 0.717) is 5.75 Å². The molecule has 0 atom stereocenters. The fourth-order valence-electron chi connectivity index (χ4n) is 3.93. The van der Waals surface area contributed by atoms with Crippen molar-refractivity contribution in [2.75, 3.05) is 7.11 Å². The summed E-state index contributed by atoms with van der Waals surface area (Å²) in [6.45, 7) is 6.44. The minimum absolute atomic E-state index is 0.115. The summed E-state index contributed by atoms with van der Waals surface area (Å²) in [5.41, 5.74) is 5.87. The Morgan fingerprint density at radius 2 is 1.70 bits per heavy atom. The van der Waals surface area contributed by atoms with E-state index >= 15 is 0 Å². The van der Waals surface area contributed by atoms with Crippen LogP contribution in [-0.4, -0.2) is 12.2 Å². The standard InChI is InChI=1S/C21H20O2/c1-12-9-14-15(10-19(12)23-4)20-13-7-5-6-8-16(13)21(2,3)17(20)11-18(14)22/h5-11,22H,1-4H3. The largest absolute Gasteiger partial charge is 0.507 e. The monoisotopic (exact) mass is 304 g/mol. The fraction of sp³-hybridized carbons (Fsp3) is 0.238. The van der Waals surface area contributed by atoms with Crippen molar-refractivity contribution in [3.8, 4) is 22.6 Å². The average molecular weight is 304 g/mol. The number of methoxy groups -OCH3 is 1. The SMILES string of the molecule is COc1cc2c3c(cc(O)c2cc1C)C(C)(C)c1ccccc1-3. The maximum atomic E-state index is 10.6. The zero-order valence-corrected chi connectivity index (χ0v) is 13.9. The van der Waals surface area contributed by atoms with Crippen molar-refractivity contribution in [3.63, 3.8) is 0 Å². The summed E-state index contributed by atoms with van der Waals surface area (Å²) in [6, 6.07) is 14.5. The van der Waals surface area contributed by atoms with E-state index in [1.807, 2.05) is 19.1 Å². The molecule has 0 saturated heterocycles. The molecule has 0 aliphatic heterocycles. The molecule has 0 aromatic heterocycles. The van der Waals surface area contributed by atoms with Gasteiger partial charge in [0.2, 0.25) is 0 Å². The van der Waals surface area contributed by atoms with Crippen molar-refractivity contribution in [1.82, 2.24) is 0 Å². The van der Waals surface area contributed by atoms with E-state index < -0.39 is 0 Å². The number of hydrogen-bond donors (Lipinski definition) is 1. The molecule has 3 aromatic rings. The molecule has 0 spiro atoms. The van der Waals surface area contributed by atoms with Gasteiger partial charge in [-0.3, -0.25) is 0 Å². The van der Waals surface area contributed by atoms with Crippen LogP contribution in [0.15, 0.2) is 42.5 Å². The second-order valence-electron chi connectivity index (χ2n) is 6.86. The van der Waals surface area contributed by atoms with Gasteiger partial charge in [-0.15, -0.1) is 0 Å². The van der Waals surface area contributed by atoms with Gasteiger partial charge in [-0.05, 0) is 58.3 Å². The van der Waals surface area contributed by atoms with Crippen LogP contribution in [0, 0.1) is 6.92 Å². The molecule has 0 heterocycles. The highest BCUT2D eigenvalue weighted by molar-refractivity contribution is 6.05. The van der Waals surface area contributed by atoms with Crippen LogP contribution in [0.2, 0.25) is 0 Å². The highest BCUT2D eigenvalue weighted by Gasteiger charge is 2.37. The number of phenolic OH excluding ortho intramolecular Hbond substituents is 1. The summed E-state index contributed by atoms with van der Waals surface area (Å²) < 4.78 is 5.51. The summed E-state index contributed by atoms with van der Waals surface area (Å²) >= 11 is 0. The molecule has 23 heavy (non-hydrogen) atoms. The van der Waals surface area contributed by atoms with Crippen molar-refractivity contribution in [1.29, 1.82) is 0 Å². The van der Waals surface area contributed by atoms with Gasteiger partial charge in [0.25, 0.3) is 0 Å². The summed E-state index contributed by atoms with van der Waals surface area (Å²) in [7, 11) is 1.69. The Labute approximate surface area is 136 Å². The highest BCUT2D eigenvalue weighted by atomic mass is 16.5. The quantitative estimate of drug-likeness (QED) is 0.672. The van der Waals surface area contributed by atoms with E-state index in [1.165, 1.54) is 22.3 Å². The third kappa shape index (κ3) is 1.75. The van der Waals surface area contributed by atoms with E-state index in [1.54, 1.807) is 7.11 Å². The lowest BCUT2D eigenvalue weighted by Gasteiger charge is -2.22. The zero-order valence-electron chi connectivity index (χ0n) is 13.9. The Balaban J connectivity index is 2.21. The smallest absolute Gasteiger partial charge is 0.123 e. The molecule has 2 heteroatoms. The number of ether oxygens (including phenoxy) is 1. The second kappa shape index (κ2) is 4.51. The van der Waals surface area contributed by atoms with E-state index in [9.17, 15) is 5.11 Å². The Bertz CT molecular complexity index is 952. The fourth-order valence-corrected chi connectivity index (χ4v) is 3.93. The molecule has 0 amide bonds. The van der Waals surface area contributed by atoms with Crippen molar-refractivity contribution >= 4 is 10.8 Å². The Morgan fingerprint density at radius 3 is 2.43 bits per heavy atom. The minimum atomic E-state index is -0.115. The first-order valence-electron chi connectivity index (χ1n) is 7.90. The number of hydrogen-bond acceptors (Lipinski definition) is 2. The van der Waals surface area contributed by atoms with Crippen LogP contribution in [0.3, 0.4) is 0 Å². The lowest BCUT2D eigenvalue weighted by Crippen LogP contribution is -2.14. The molecule has 1 aliphatic carbocycles. The van der Waals surface area contributed by atoms with Crippen LogP contribution < -0.4 is 4.74 Å². The third-order valence-corrected chi connectivity index (χ3v) is 5.17. The van der Waals surface area contributed by atoms with Gasteiger partial charge in [-0.1, -0.05) is 38.1 Å². The lowest BCUT2D eigenvalue weighted by atomic mass is 9.82. The maximum Gasteiger partial charge on any atom is 0.123 e. The second-order valence-corrected chi connectivity index (χ2v) is 6.86. The van der Waals surface area contributed by atoms with Crippen LogP contribution in [0.25, 0.3) is 21.9 Å². The summed E-state index contributed by atoms with van der Waals surface area (Å²) in [4.78, 5) is 0. The van der Waals surface area contributed by atoms with Gasteiger partial charge in [0.15, 0.2) is 0 Å². The Hall–Kier alpha value is -2.48. The van der Waals surface area contributed by atoms with Crippen LogP contribution in [0.4, 0.5) is 0 Å². The van der Waals surface area contributed by atoms with Crippen LogP contribution in [0.5, 0.6) is 11.5 Å². The van der Waals surface area contributed by atoms with Crippen molar-refractivity contribution in [2.24, 2.45) is 0 Å². The first kappa shape index (κ1) is 14.1. The maximum absolute atomic E-state index is 10.6. The van der Waals surface area contributed by atoms with Gasteiger partial charge >= 0.3 is 0 Å². The topological polar surface area (TPSA) is 29.5 Å². The molecule has 116 valence electrons. The van der Waals surface area contributed by atoms with Gasteiger partial charge in [0, 0.05) is 10.8 Å². The van der Waals surface area contributed by atoms with E-state index in [2.05, 4.69) is 44.2 Å². The zero-order chi connectivity index (χ0) is 16.4. The van der Waals surface area contributed by atoms with Crippen molar-refractivity contribution in [3.05, 3.63) is 59.2 Å². The number of fused-ring (bicyclic) bond motifs is 5.